The minimum atomic E-state index is -1.77. The summed E-state index contributed by atoms with van der Waals surface area (Å²) in [5.74, 6) is -1.13. The SMILES string of the molecule is COS(=O)C(C)(C)C(=O)O. The van der Waals surface area contributed by atoms with Gasteiger partial charge in [-0.3, -0.25) is 8.98 Å². The lowest BCUT2D eigenvalue weighted by Gasteiger charge is -2.15. The van der Waals surface area contributed by atoms with Gasteiger partial charge in [0.2, 0.25) is 0 Å². The summed E-state index contributed by atoms with van der Waals surface area (Å²) >= 11 is -1.77. The number of carboxylic acids is 1. The van der Waals surface area contributed by atoms with Gasteiger partial charge in [-0.05, 0) is 13.8 Å². The second-order valence-electron chi connectivity index (χ2n) is 2.22. The van der Waals surface area contributed by atoms with E-state index in [0.717, 1.165) is 0 Å². The van der Waals surface area contributed by atoms with Crippen LogP contribution in [0.3, 0.4) is 0 Å². The Morgan fingerprint density at radius 3 is 2.10 bits per heavy atom. The first kappa shape index (κ1) is 9.58. The molecule has 0 saturated carbocycles. The molecule has 0 radical (unpaired) electrons. The minimum absolute atomic E-state index is 1.13. The van der Waals surface area contributed by atoms with Crippen LogP contribution < -0.4 is 0 Å². The van der Waals surface area contributed by atoms with E-state index < -0.39 is 21.8 Å². The van der Waals surface area contributed by atoms with Gasteiger partial charge in [0.15, 0.2) is 15.8 Å². The standard InChI is InChI=1S/C5H10O4S/c1-5(2,4(6)7)10(8)9-3/h1-3H3,(H,6,7). The van der Waals surface area contributed by atoms with Gasteiger partial charge in [-0.15, -0.1) is 0 Å². The topological polar surface area (TPSA) is 63.6 Å². The Hall–Kier alpha value is -0.420. The first-order valence-corrected chi connectivity index (χ1v) is 3.70. The fourth-order valence-corrected chi connectivity index (χ4v) is 0.839. The number of carbonyl (C=O) groups is 1. The van der Waals surface area contributed by atoms with Crippen LogP contribution in [0.25, 0.3) is 0 Å². The molecule has 0 bridgehead atoms. The van der Waals surface area contributed by atoms with Crippen molar-refractivity contribution in [2.75, 3.05) is 7.11 Å². The number of aliphatic carboxylic acids is 1. The third kappa shape index (κ3) is 1.78. The summed E-state index contributed by atoms with van der Waals surface area (Å²) in [5.41, 5.74) is 0. The molecule has 0 heterocycles. The van der Waals surface area contributed by atoms with E-state index in [0.29, 0.717) is 0 Å². The second kappa shape index (κ2) is 3.12. The van der Waals surface area contributed by atoms with E-state index in [9.17, 15) is 9.00 Å². The largest absolute Gasteiger partial charge is 0.480 e. The average Bonchev–Trinajstić information content (AvgIpc) is 1.86. The van der Waals surface area contributed by atoms with Crippen molar-refractivity contribution in [1.29, 1.82) is 0 Å². The smallest absolute Gasteiger partial charge is 0.324 e. The summed E-state index contributed by atoms with van der Waals surface area (Å²) in [5, 5.41) is 8.47. The first-order valence-electron chi connectivity index (χ1n) is 2.62. The Kier molecular flexibility index (Phi) is 2.98. The van der Waals surface area contributed by atoms with E-state index in [1.165, 1.54) is 21.0 Å². The molecule has 0 aromatic carbocycles. The molecular weight excluding hydrogens is 156 g/mol. The van der Waals surface area contributed by atoms with Gasteiger partial charge in [-0.2, -0.15) is 0 Å². The molecule has 0 aliphatic carbocycles. The fraction of sp³-hybridized carbons (Fsp3) is 0.800. The molecule has 1 atom stereocenters. The molecule has 0 amide bonds. The number of carboxylic acid groups (broad SMARTS) is 1. The van der Waals surface area contributed by atoms with E-state index in [1.807, 2.05) is 0 Å². The molecule has 10 heavy (non-hydrogen) atoms. The maximum Gasteiger partial charge on any atom is 0.324 e. The normalized spacial score (nSPS) is 14.7. The van der Waals surface area contributed by atoms with Crippen molar-refractivity contribution < 1.29 is 18.3 Å². The molecule has 0 aliphatic heterocycles. The predicted molar refractivity (Wildman–Crippen MR) is 36.9 cm³/mol. The van der Waals surface area contributed by atoms with E-state index >= 15 is 0 Å². The van der Waals surface area contributed by atoms with Crippen molar-refractivity contribution >= 4 is 17.0 Å². The van der Waals surface area contributed by atoms with Gasteiger partial charge in [-0.25, -0.2) is 4.21 Å². The van der Waals surface area contributed by atoms with Crippen LogP contribution >= 0.6 is 0 Å². The molecule has 1 N–H and O–H groups in total. The quantitative estimate of drug-likeness (QED) is 0.648. The Morgan fingerprint density at radius 1 is 1.60 bits per heavy atom. The van der Waals surface area contributed by atoms with E-state index in [-0.39, 0.29) is 0 Å². The molecule has 0 aromatic rings. The van der Waals surface area contributed by atoms with Gasteiger partial charge in [-0.1, -0.05) is 0 Å². The molecule has 1 unspecified atom stereocenters. The highest BCUT2D eigenvalue weighted by atomic mass is 32.2. The average molecular weight is 166 g/mol. The maximum atomic E-state index is 10.8. The highest BCUT2D eigenvalue weighted by molar-refractivity contribution is 7.82. The van der Waals surface area contributed by atoms with Crippen LogP contribution in [0, 0.1) is 0 Å². The van der Waals surface area contributed by atoms with Crippen LogP contribution in [0.4, 0.5) is 0 Å². The molecule has 0 aromatic heterocycles. The zero-order valence-electron chi connectivity index (χ0n) is 6.08. The van der Waals surface area contributed by atoms with Gasteiger partial charge in [0.05, 0.1) is 7.11 Å². The summed E-state index contributed by atoms with van der Waals surface area (Å²) in [6, 6.07) is 0. The summed E-state index contributed by atoms with van der Waals surface area (Å²) in [4.78, 5) is 10.3. The van der Waals surface area contributed by atoms with Crippen LogP contribution in [-0.2, 0) is 20.1 Å². The van der Waals surface area contributed by atoms with Crippen molar-refractivity contribution in [1.82, 2.24) is 0 Å². The number of hydrogen-bond acceptors (Lipinski definition) is 3. The van der Waals surface area contributed by atoms with Crippen molar-refractivity contribution in [3.05, 3.63) is 0 Å². The molecule has 0 aliphatic rings. The second-order valence-corrected chi connectivity index (χ2v) is 4.04. The first-order chi connectivity index (χ1) is 4.42. The van der Waals surface area contributed by atoms with Crippen molar-refractivity contribution in [2.24, 2.45) is 0 Å². The third-order valence-corrected chi connectivity index (χ3v) is 2.39. The number of rotatable bonds is 3. The summed E-state index contributed by atoms with van der Waals surface area (Å²) < 4.78 is 13.8. The van der Waals surface area contributed by atoms with Crippen molar-refractivity contribution in [3.8, 4) is 0 Å². The van der Waals surface area contributed by atoms with Gasteiger partial charge in [0, 0.05) is 0 Å². The molecule has 4 nitrogen and oxygen atoms in total. The fourth-order valence-electron chi connectivity index (χ4n) is 0.280. The number of hydrogen-bond donors (Lipinski definition) is 1. The zero-order chi connectivity index (χ0) is 8.36. The Morgan fingerprint density at radius 2 is 2.00 bits per heavy atom. The summed E-state index contributed by atoms with van der Waals surface area (Å²) in [6.45, 7) is 2.68. The molecule has 0 saturated heterocycles. The van der Waals surface area contributed by atoms with Crippen LogP contribution in [0.1, 0.15) is 13.8 Å². The molecule has 0 spiro atoms. The molecule has 0 rings (SSSR count). The van der Waals surface area contributed by atoms with E-state index in [1.54, 1.807) is 0 Å². The Balaban J connectivity index is 4.40. The Bertz CT molecular complexity index is 163. The van der Waals surface area contributed by atoms with Crippen LogP contribution in [0.5, 0.6) is 0 Å². The van der Waals surface area contributed by atoms with Gasteiger partial charge in [0.1, 0.15) is 0 Å². The molecule has 0 fully saturated rings. The predicted octanol–water partition coefficient (Wildman–Crippen LogP) is 0.160. The minimum Gasteiger partial charge on any atom is -0.480 e. The highest BCUT2D eigenvalue weighted by Gasteiger charge is 2.35. The lowest BCUT2D eigenvalue weighted by atomic mass is 10.2. The van der Waals surface area contributed by atoms with Crippen LogP contribution in [-0.4, -0.2) is 27.1 Å². The highest BCUT2D eigenvalue weighted by Crippen LogP contribution is 2.12. The van der Waals surface area contributed by atoms with E-state index in [2.05, 4.69) is 4.18 Å². The Labute approximate surface area is 61.9 Å². The maximum absolute atomic E-state index is 10.8. The molecule has 60 valence electrons. The molecular formula is C5H10O4S. The zero-order valence-corrected chi connectivity index (χ0v) is 6.90. The third-order valence-electron chi connectivity index (χ3n) is 1.08. The lowest BCUT2D eigenvalue weighted by Crippen LogP contribution is -2.36. The van der Waals surface area contributed by atoms with Crippen molar-refractivity contribution in [2.45, 2.75) is 18.6 Å². The van der Waals surface area contributed by atoms with Crippen LogP contribution in [0.2, 0.25) is 0 Å². The van der Waals surface area contributed by atoms with E-state index in [4.69, 9.17) is 5.11 Å². The van der Waals surface area contributed by atoms with Gasteiger partial charge < -0.3 is 5.11 Å². The van der Waals surface area contributed by atoms with Crippen LogP contribution in [0.15, 0.2) is 0 Å². The van der Waals surface area contributed by atoms with Crippen molar-refractivity contribution in [3.63, 3.8) is 0 Å². The van der Waals surface area contributed by atoms with Gasteiger partial charge >= 0.3 is 5.97 Å². The lowest BCUT2D eigenvalue weighted by molar-refractivity contribution is -0.139. The van der Waals surface area contributed by atoms with Gasteiger partial charge in [0.25, 0.3) is 0 Å². The summed E-state index contributed by atoms with van der Waals surface area (Å²) in [7, 11) is 1.21. The summed E-state index contributed by atoms with van der Waals surface area (Å²) in [6.07, 6.45) is 0. The molecule has 5 heteroatoms. The monoisotopic (exact) mass is 166 g/mol.